The molecule has 25 heavy (non-hydrogen) atoms. The minimum absolute atomic E-state index is 0.0469. The summed E-state index contributed by atoms with van der Waals surface area (Å²) in [6.07, 6.45) is 0.444. The van der Waals surface area contributed by atoms with Gasteiger partial charge in [0.15, 0.2) is 0 Å². The van der Waals surface area contributed by atoms with Crippen LogP contribution in [0.3, 0.4) is 0 Å². The van der Waals surface area contributed by atoms with Gasteiger partial charge in [-0.15, -0.1) is 0 Å². The average Bonchev–Trinajstić information content (AvgIpc) is 3.15. The van der Waals surface area contributed by atoms with Crippen LogP contribution in [0.25, 0.3) is 11.5 Å². The molecule has 0 aliphatic carbocycles. The zero-order valence-corrected chi connectivity index (χ0v) is 13.8. The van der Waals surface area contributed by atoms with Gasteiger partial charge in [0.2, 0.25) is 0 Å². The third-order valence-electron chi connectivity index (χ3n) is 4.16. The van der Waals surface area contributed by atoms with Crippen LogP contribution in [0.4, 0.5) is 0 Å². The molecule has 8 heteroatoms. The van der Waals surface area contributed by atoms with Gasteiger partial charge in [-0.3, -0.25) is 14.4 Å². The number of pyridine rings is 1. The zero-order valence-electron chi connectivity index (χ0n) is 13.8. The molecule has 132 valence electrons. The van der Waals surface area contributed by atoms with E-state index in [-0.39, 0.29) is 17.4 Å². The molecule has 0 bridgehead atoms. The standard InChI is InChI=1S/C17H19N3O5/c1-11(21)16(23)19-6-8-20(9-7-19)17(24)12-4-5-13(18-15(12)22)14-3-2-10-25-14/h2-5,10-11,21H,6-9H2,1H3,(H,18,22). The second kappa shape index (κ2) is 6.94. The number of aliphatic hydroxyl groups is 1. The lowest BCUT2D eigenvalue weighted by Gasteiger charge is -2.35. The minimum atomic E-state index is -1.06. The first-order valence-electron chi connectivity index (χ1n) is 8.00. The fourth-order valence-electron chi connectivity index (χ4n) is 2.78. The molecule has 1 unspecified atom stereocenters. The first kappa shape index (κ1) is 17.0. The molecule has 1 saturated heterocycles. The van der Waals surface area contributed by atoms with Gasteiger partial charge < -0.3 is 24.3 Å². The fourth-order valence-corrected chi connectivity index (χ4v) is 2.78. The fraction of sp³-hybridized carbons (Fsp3) is 0.353. The Hall–Kier alpha value is -2.87. The summed E-state index contributed by atoms with van der Waals surface area (Å²) in [5.41, 5.74) is 0.0610. The molecule has 2 aromatic heterocycles. The molecule has 8 nitrogen and oxygen atoms in total. The van der Waals surface area contributed by atoms with Crippen LogP contribution in [0.1, 0.15) is 17.3 Å². The van der Waals surface area contributed by atoms with Crippen molar-refractivity contribution in [1.82, 2.24) is 14.8 Å². The molecule has 0 radical (unpaired) electrons. The van der Waals surface area contributed by atoms with Crippen molar-refractivity contribution in [3.05, 3.63) is 46.4 Å². The van der Waals surface area contributed by atoms with Crippen LogP contribution >= 0.6 is 0 Å². The number of carbonyl (C=O) groups excluding carboxylic acids is 2. The van der Waals surface area contributed by atoms with Gasteiger partial charge in [-0.25, -0.2) is 0 Å². The summed E-state index contributed by atoms with van der Waals surface area (Å²) >= 11 is 0. The van der Waals surface area contributed by atoms with Crippen LogP contribution in [-0.4, -0.2) is 64.0 Å². The van der Waals surface area contributed by atoms with E-state index < -0.39 is 11.7 Å². The monoisotopic (exact) mass is 345 g/mol. The van der Waals surface area contributed by atoms with Gasteiger partial charge in [-0.2, -0.15) is 0 Å². The van der Waals surface area contributed by atoms with Crippen LogP contribution in [0.2, 0.25) is 0 Å². The Morgan fingerprint density at radius 2 is 1.84 bits per heavy atom. The molecule has 0 aromatic carbocycles. The van der Waals surface area contributed by atoms with Gasteiger partial charge in [-0.05, 0) is 31.2 Å². The van der Waals surface area contributed by atoms with E-state index in [9.17, 15) is 19.5 Å². The maximum absolute atomic E-state index is 12.6. The number of rotatable bonds is 3. The normalized spacial score (nSPS) is 15.9. The molecule has 3 rings (SSSR count). The highest BCUT2D eigenvalue weighted by Crippen LogP contribution is 2.16. The predicted octanol–water partition coefficient (Wildman–Crippen LogP) is 0.300. The summed E-state index contributed by atoms with van der Waals surface area (Å²) in [5.74, 6) is -0.217. The Bertz CT molecular complexity index is 817. The van der Waals surface area contributed by atoms with Crippen LogP contribution in [0.5, 0.6) is 0 Å². The highest BCUT2D eigenvalue weighted by molar-refractivity contribution is 5.94. The number of hydrogen-bond donors (Lipinski definition) is 2. The molecule has 3 heterocycles. The van der Waals surface area contributed by atoms with Crippen molar-refractivity contribution in [2.45, 2.75) is 13.0 Å². The molecular formula is C17H19N3O5. The Morgan fingerprint density at radius 3 is 2.40 bits per heavy atom. The second-order valence-electron chi connectivity index (χ2n) is 5.89. The molecule has 0 saturated carbocycles. The summed E-state index contributed by atoms with van der Waals surface area (Å²) in [7, 11) is 0. The zero-order chi connectivity index (χ0) is 18.0. The molecule has 2 N–H and O–H groups in total. The summed E-state index contributed by atoms with van der Waals surface area (Å²) in [6.45, 7) is 2.71. The number of piperazine rings is 1. The van der Waals surface area contributed by atoms with Gasteiger partial charge >= 0.3 is 0 Å². The minimum Gasteiger partial charge on any atom is -0.463 e. The largest absolute Gasteiger partial charge is 0.463 e. The van der Waals surface area contributed by atoms with Crippen LogP contribution < -0.4 is 5.56 Å². The molecule has 2 aromatic rings. The van der Waals surface area contributed by atoms with Crippen LogP contribution in [-0.2, 0) is 4.79 Å². The molecule has 1 aliphatic heterocycles. The van der Waals surface area contributed by atoms with Crippen LogP contribution in [0.15, 0.2) is 39.7 Å². The predicted molar refractivity (Wildman–Crippen MR) is 88.9 cm³/mol. The highest BCUT2D eigenvalue weighted by atomic mass is 16.3. The van der Waals surface area contributed by atoms with Gasteiger partial charge in [0.05, 0.1) is 12.0 Å². The van der Waals surface area contributed by atoms with E-state index in [0.717, 1.165) is 0 Å². The number of aromatic amines is 1. The third kappa shape index (κ3) is 3.48. The number of aliphatic hydroxyl groups excluding tert-OH is 1. The third-order valence-corrected chi connectivity index (χ3v) is 4.16. The molecule has 2 amide bonds. The number of amides is 2. The van der Waals surface area contributed by atoms with Crippen molar-refractivity contribution in [2.75, 3.05) is 26.2 Å². The second-order valence-corrected chi connectivity index (χ2v) is 5.89. The molecule has 1 aliphatic rings. The van der Waals surface area contributed by atoms with E-state index >= 15 is 0 Å². The Morgan fingerprint density at radius 1 is 1.16 bits per heavy atom. The lowest BCUT2D eigenvalue weighted by molar-refractivity contribution is -0.140. The van der Waals surface area contributed by atoms with Crippen LogP contribution in [0, 0.1) is 0 Å². The summed E-state index contributed by atoms with van der Waals surface area (Å²) < 4.78 is 5.22. The number of carbonyl (C=O) groups is 2. The number of nitrogens with zero attached hydrogens (tertiary/aromatic N) is 2. The number of aromatic nitrogens is 1. The van der Waals surface area contributed by atoms with E-state index in [0.29, 0.717) is 37.6 Å². The number of H-pyrrole nitrogens is 1. The first-order chi connectivity index (χ1) is 12.0. The van der Waals surface area contributed by atoms with E-state index in [1.54, 1.807) is 18.2 Å². The van der Waals surface area contributed by atoms with E-state index in [1.165, 1.54) is 29.1 Å². The summed E-state index contributed by atoms with van der Waals surface area (Å²) in [5, 5.41) is 9.34. The van der Waals surface area contributed by atoms with Crippen molar-refractivity contribution < 1.29 is 19.1 Å². The quantitative estimate of drug-likeness (QED) is 0.832. The van der Waals surface area contributed by atoms with Crippen molar-refractivity contribution in [3.63, 3.8) is 0 Å². The maximum Gasteiger partial charge on any atom is 0.261 e. The van der Waals surface area contributed by atoms with Crippen molar-refractivity contribution in [3.8, 4) is 11.5 Å². The lowest BCUT2D eigenvalue weighted by atomic mass is 10.2. The molecule has 0 spiro atoms. The molecular weight excluding hydrogens is 326 g/mol. The van der Waals surface area contributed by atoms with Gasteiger partial charge in [-0.1, -0.05) is 0 Å². The Balaban J connectivity index is 1.70. The smallest absolute Gasteiger partial charge is 0.261 e. The van der Waals surface area contributed by atoms with Crippen molar-refractivity contribution in [2.24, 2.45) is 0 Å². The number of nitrogens with one attached hydrogen (secondary N) is 1. The molecule has 1 atom stereocenters. The first-order valence-corrected chi connectivity index (χ1v) is 8.00. The average molecular weight is 345 g/mol. The lowest BCUT2D eigenvalue weighted by Crippen LogP contribution is -2.53. The van der Waals surface area contributed by atoms with Gasteiger partial charge in [0.1, 0.15) is 17.4 Å². The topological polar surface area (TPSA) is 107 Å². The van der Waals surface area contributed by atoms with E-state index in [2.05, 4.69) is 4.98 Å². The number of hydrogen-bond acceptors (Lipinski definition) is 5. The SMILES string of the molecule is CC(O)C(=O)N1CCN(C(=O)c2ccc(-c3ccco3)[nH]c2=O)CC1. The Kier molecular flexibility index (Phi) is 4.71. The van der Waals surface area contributed by atoms with Gasteiger partial charge in [0.25, 0.3) is 17.4 Å². The maximum atomic E-state index is 12.6. The van der Waals surface area contributed by atoms with E-state index in [1.807, 2.05) is 0 Å². The summed E-state index contributed by atoms with van der Waals surface area (Å²) in [4.78, 5) is 42.2. The van der Waals surface area contributed by atoms with Crippen molar-refractivity contribution in [1.29, 1.82) is 0 Å². The number of furan rings is 1. The van der Waals surface area contributed by atoms with Gasteiger partial charge in [0, 0.05) is 26.2 Å². The van der Waals surface area contributed by atoms with Crippen molar-refractivity contribution >= 4 is 11.8 Å². The highest BCUT2D eigenvalue weighted by Gasteiger charge is 2.27. The Labute approximate surface area is 143 Å². The summed E-state index contributed by atoms with van der Waals surface area (Å²) in [6, 6.07) is 6.53. The molecule has 1 fully saturated rings. The van der Waals surface area contributed by atoms with E-state index in [4.69, 9.17) is 4.42 Å².